The number of nitrogens with one attached hydrogen (secondary N) is 2. The Morgan fingerprint density at radius 2 is 2.03 bits per heavy atom. The standard InChI is InChI=1S/C29H33N3O4S/c1-18(2)12-20-13-22-26(14-25(20)35-3)36-16-24-23(15-32(27(22)24)21-8-11-37-17-21)29(34)31-10-5-9-30-28(33)19-6-4-7-19/h8,11-15,17,19H,4-7,9-10,16H2,1-3H3,(H,30,33)(H,31,34). The molecule has 7 nitrogen and oxygen atoms in total. The average molecular weight is 520 g/mol. The van der Waals surface area contributed by atoms with Crippen LogP contribution in [0.4, 0.5) is 0 Å². The highest BCUT2D eigenvalue weighted by Crippen LogP contribution is 2.44. The van der Waals surface area contributed by atoms with Crippen LogP contribution in [-0.4, -0.2) is 36.6 Å². The third-order valence-electron chi connectivity index (χ3n) is 6.96. The molecule has 0 bridgehead atoms. The summed E-state index contributed by atoms with van der Waals surface area (Å²) in [7, 11) is 1.66. The molecule has 2 aromatic heterocycles. The first-order chi connectivity index (χ1) is 18.0. The minimum Gasteiger partial charge on any atom is -0.496 e. The number of hydrogen-bond donors (Lipinski definition) is 2. The van der Waals surface area contributed by atoms with Crippen LogP contribution in [0.15, 0.2) is 40.7 Å². The second-order valence-corrected chi connectivity index (χ2v) is 10.6. The maximum atomic E-state index is 13.3. The maximum Gasteiger partial charge on any atom is 0.253 e. The number of carbonyl (C=O) groups excluding carboxylic acids is 2. The predicted octanol–water partition coefficient (Wildman–Crippen LogP) is 5.57. The van der Waals surface area contributed by atoms with E-state index < -0.39 is 0 Å². The Morgan fingerprint density at radius 3 is 2.70 bits per heavy atom. The quantitative estimate of drug-likeness (QED) is 0.363. The molecular formula is C29H33N3O4S. The Balaban J connectivity index is 1.41. The fourth-order valence-electron chi connectivity index (χ4n) is 4.82. The highest BCUT2D eigenvalue weighted by atomic mass is 32.1. The van der Waals surface area contributed by atoms with E-state index in [0.717, 1.165) is 64.4 Å². The minimum absolute atomic E-state index is 0.138. The van der Waals surface area contributed by atoms with Gasteiger partial charge in [-0.25, -0.2) is 0 Å². The summed E-state index contributed by atoms with van der Waals surface area (Å²) < 4.78 is 13.9. The molecule has 0 saturated heterocycles. The van der Waals surface area contributed by atoms with E-state index in [2.05, 4.69) is 46.6 Å². The van der Waals surface area contributed by atoms with Gasteiger partial charge in [0.05, 0.1) is 24.1 Å². The summed E-state index contributed by atoms with van der Waals surface area (Å²) in [5, 5.41) is 10.1. The normalized spacial score (nSPS) is 14.0. The Bertz CT molecular complexity index is 1330. The first-order valence-corrected chi connectivity index (χ1v) is 13.7. The van der Waals surface area contributed by atoms with Gasteiger partial charge in [-0.15, -0.1) is 0 Å². The molecule has 1 aromatic carbocycles. The second-order valence-electron chi connectivity index (χ2n) is 9.85. The van der Waals surface area contributed by atoms with Crippen molar-refractivity contribution in [2.75, 3.05) is 20.2 Å². The number of ether oxygens (including phenoxy) is 2. The van der Waals surface area contributed by atoms with Gasteiger partial charge in [-0.3, -0.25) is 9.59 Å². The van der Waals surface area contributed by atoms with Crippen LogP contribution in [0, 0.1) is 5.92 Å². The summed E-state index contributed by atoms with van der Waals surface area (Å²) in [6, 6.07) is 6.05. The Labute approximate surface area is 221 Å². The van der Waals surface area contributed by atoms with E-state index in [1.54, 1.807) is 18.4 Å². The Kier molecular flexibility index (Phi) is 7.37. The van der Waals surface area contributed by atoms with Crippen molar-refractivity contribution in [2.45, 2.75) is 46.1 Å². The van der Waals surface area contributed by atoms with E-state index in [9.17, 15) is 9.59 Å². The van der Waals surface area contributed by atoms with Crippen molar-refractivity contribution in [2.24, 2.45) is 5.92 Å². The van der Waals surface area contributed by atoms with Crippen molar-refractivity contribution in [1.82, 2.24) is 15.2 Å². The molecule has 5 rings (SSSR count). The molecule has 1 saturated carbocycles. The molecule has 194 valence electrons. The summed E-state index contributed by atoms with van der Waals surface area (Å²) in [6.45, 7) is 5.45. The van der Waals surface area contributed by atoms with Gasteiger partial charge in [0, 0.05) is 53.3 Å². The molecule has 37 heavy (non-hydrogen) atoms. The lowest BCUT2D eigenvalue weighted by Gasteiger charge is -2.24. The summed E-state index contributed by atoms with van der Waals surface area (Å²) in [5.74, 6) is 1.66. The monoisotopic (exact) mass is 519 g/mol. The van der Waals surface area contributed by atoms with E-state index in [-0.39, 0.29) is 17.7 Å². The summed E-state index contributed by atoms with van der Waals surface area (Å²) in [5.41, 5.74) is 6.49. The molecule has 1 aliphatic carbocycles. The number of methoxy groups -OCH3 is 1. The molecule has 0 atom stereocenters. The molecule has 2 amide bonds. The van der Waals surface area contributed by atoms with E-state index in [4.69, 9.17) is 9.47 Å². The highest BCUT2D eigenvalue weighted by Gasteiger charge is 2.30. The van der Waals surface area contributed by atoms with Crippen molar-refractivity contribution < 1.29 is 19.1 Å². The molecule has 1 fully saturated rings. The van der Waals surface area contributed by atoms with Gasteiger partial charge in [0.1, 0.15) is 18.1 Å². The van der Waals surface area contributed by atoms with E-state index in [1.165, 1.54) is 0 Å². The number of nitrogens with zero attached hydrogens (tertiary/aromatic N) is 1. The second kappa shape index (κ2) is 10.8. The molecule has 0 spiro atoms. The zero-order valence-corrected chi connectivity index (χ0v) is 22.4. The number of allylic oxidation sites excluding steroid dienone is 1. The van der Waals surface area contributed by atoms with Crippen molar-refractivity contribution in [1.29, 1.82) is 0 Å². The minimum atomic E-state index is -0.138. The van der Waals surface area contributed by atoms with Crippen molar-refractivity contribution in [3.05, 3.63) is 57.4 Å². The van der Waals surface area contributed by atoms with Crippen LogP contribution >= 0.6 is 11.3 Å². The molecule has 1 aliphatic heterocycles. The molecule has 8 heteroatoms. The molecule has 0 radical (unpaired) electrons. The molecule has 2 aliphatic rings. The molecule has 3 heterocycles. The summed E-state index contributed by atoms with van der Waals surface area (Å²) >= 11 is 1.61. The number of amides is 2. The smallest absolute Gasteiger partial charge is 0.253 e. The molecule has 3 aromatic rings. The van der Waals surface area contributed by atoms with Gasteiger partial charge in [-0.05, 0) is 50.6 Å². The van der Waals surface area contributed by atoms with Crippen LogP contribution in [-0.2, 0) is 11.4 Å². The van der Waals surface area contributed by atoms with E-state index in [1.807, 2.05) is 23.7 Å². The van der Waals surface area contributed by atoms with Crippen LogP contribution in [0.1, 0.15) is 61.0 Å². The maximum absolute atomic E-state index is 13.3. The number of rotatable bonds is 9. The van der Waals surface area contributed by atoms with Crippen molar-refractivity contribution in [3.63, 3.8) is 0 Å². The van der Waals surface area contributed by atoms with E-state index >= 15 is 0 Å². The number of aromatic nitrogens is 1. The topological polar surface area (TPSA) is 81.6 Å². The molecule has 0 unspecified atom stereocenters. The largest absolute Gasteiger partial charge is 0.496 e. The first-order valence-electron chi connectivity index (χ1n) is 12.8. The van der Waals surface area contributed by atoms with Crippen LogP contribution in [0.2, 0.25) is 0 Å². The Hall–Kier alpha value is -3.52. The fraction of sp³-hybridized carbons (Fsp3) is 0.379. The van der Waals surface area contributed by atoms with Crippen molar-refractivity contribution in [3.8, 4) is 28.4 Å². The van der Waals surface area contributed by atoms with Gasteiger partial charge in [0.25, 0.3) is 5.91 Å². The Morgan fingerprint density at radius 1 is 1.22 bits per heavy atom. The molecular weight excluding hydrogens is 486 g/mol. The number of carbonyl (C=O) groups is 2. The van der Waals surface area contributed by atoms with Gasteiger partial charge in [-0.1, -0.05) is 18.1 Å². The lowest BCUT2D eigenvalue weighted by atomic mass is 9.85. The van der Waals surface area contributed by atoms with Crippen LogP contribution in [0.25, 0.3) is 23.0 Å². The number of fused-ring (bicyclic) bond motifs is 3. The average Bonchev–Trinajstić information content (AvgIpc) is 3.50. The first kappa shape index (κ1) is 25.1. The number of thiophene rings is 1. The SMILES string of the molecule is COc1cc2c(cc1C=C(C)C)-c1c(c(C(=O)NCCCNC(=O)C3CCC3)cn1-c1ccsc1)CO2. The zero-order valence-electron chi connectivity index (χ0n) is 21.6. The number of hydrogen-bond acceptors (Lipinski definition) is 5. The highest BCUT2D eigenvalue weighted by molar-refractivity contribution is 7.08. The van der Waals surface area contributed by atoms with Gasteiger partial charge >= 0.3 is 0 Å². The van der Waals surface area contributed by atoms with E-state index in [0.29, 0.717) is 31.7 Å². The zero-order chi connectivity index (χ0) is 25.9. The van der Waals surface area contributed by atoms with Gasteiger partial charge in [0.15, 0.2) is 0 Å². The lowest BCUT2D eigenvalue weighted by molar-refractivity contribution is -0.127. The van der Waals surface area contributed by atoms with Crippen LogP contribution in [0.5, 0.6) is 11.5 Å². The molecule has 2 N–H and O–H groups in total. The summed E-state index contributed by atoms with van der Waals surface area (Å²) in [4.78, 5) is 25.3. The predicted molar refractivity (Wildman–Crippen MR) is 147 cm³/mol. The fourth-order valence-corrected chi connectivity index (χ4v) is 5.45. The van der Waals surface area contributed by atoms with Crippen LogP contribution < -0.4 is 20.1 Å². The van der Waals surface area contributed by atoms with Crippen molar-refractivity contribution >= 4 is 29.2 Å². The van der Waals surface area contributed by atoms with Crippen LogP contribution in [0.3, 0.4) is 0 Å². The number of benzene rings is 1. The lowest BCUT2D eigenvalue weighted by Crippen LogP contribution is -2.36. The third-order valence-corrected chi connectivity index (χ3v) is 7.63. The van der Waals surface area contributed by atoms with Gasteiger partial charge in [-0.2, -0.15) is 11.3 Å². The third kappa shape index (κ3) is 5.16. The van der Waals surface area contributed by atoms with Gasteiger partial charge < -0.3 is 24.7 Å². The van der Waals surface area contributed by atoms with Gasteiger partial charge in [0.2, 0.25) is 5.91 Å². The summed E-state index contributed by atoms with van der Waals surface area (Å²) in [6.07, 6.45) is 7.79.